The van der Waals surface area contributed by atoms with Crippen molar-refractivity contribution in [1.82, 2.24) is 0 Å². The summed E-state index contributed by atoms with van der Waals surface area (Å²) in [5.41, 5.74) is 0.132. The van der Waals surface area contributed by atoms with Gasteiger partial charge < -0.3 is 9.84 Å². The Kier molecular flexibility index (Phi) is 2.30. The molecule has 14 heavy (non-hydrogen) atoms. The van der Waals surface area contributed by atoms with Crippen molar-refractivity contribution >= 4 is 5.97 Å². The highest BCUT2D eigenvalue weighted by Gasteiger charge is 2.70. The molecule has 0 aliphatic heterocycles. The van der Waals surface area contributed by atoms with E-state index in [1.807, 2.05) is 0 Å². The number of methoxy groups -OCH3 is 1. The van der Waals surface area contributed by atoms with Crippen LogP contribution in [0, 0.1) is 10.8 Å². The molecule has 0 radical (unpaired) electrons. The molecule has 3 fully saturated rings. The van der Waals surface area contributed by atoms with Crippen LogP contribution in [0.2, 0.25) is 0 Å². The van der Waals surface area contributed by atoms with Crippen molar-refractivity contribution in [2.24, 2.45) is 10.8 Å². The average Bonchev–Trinajstić information content (AvgIpc) is 1.97. The van der Waals surface area contributed by atoms with Crippen molar-refractivity contribution in [1.29, 1.82) is 0 Å². The molecule has 0 saturated heterocycles. The molecule has 3 saturated carbocycles. The molecular weight excluding hydrogens is 180 g/mol. The second-order valence-electron chi connectivity index (χ2n) is 5.07. The van der Waals surface area contributed by atoms with E-state index < -0.39 is 5.97 Å². The molecular formula is C11H18O3. The fraction of sp³-hybridized carbons (Fsp3) is 0.909. The van der Waals surface area contributed by atoms with E-state index in [4.69, 9.17) is 9.84 Å². The number of carboxylic acid groups (broad SMARTS) is 1. The highest BCUT2D eigenvalue weighted by Crippen LogP contribution is 2.75. The minimum atomic E-state index is -0.573. The molecule has 3 nitrogen and oxygen atoms in total. The number of unbranched alkanes of at least 4 members (excludes halogenated alkanes) is 1. The van der Waals surface area contributed by atoms with Crippen molar-refractivity contribution in [3.05, 3.63) is 0 Å². The molecule has 2 bridgehead atoms. The third kappa shape index (κ3) is 1.34. The van der Waals surface area contributed by atoms with Crippen LogP contribution in [-0.4, -0.2) is 24.8 Å². The van der Waals surface area contributed by atoms with E-state index in [1.165, 1.54) is 12.8 Å². The largest absolute Gasteiger partial charge is 0.481 e. The van der Waals surface area contributed by atoms with Gasteiger partial charge in [0.15, 0.2) is 0 Å². The third-order valence-electron chi connectivity index (χ3n) is 3.90. The Morgan fingerprint density at radius 2 is 2.00 bits per heavy atom. The van der Waals surface area contributed by atoms with Crippen molar-refractivity contribution in [2.45, 2.75) is 38.5 Å². The van der Waals surface area contributed by atoms with E-state index in [9.17, 15) is 4.79 Å². The van der Waals surface area contributed by atoms with Crippen LogP contribution in [0.25, 0.3) is 0 Å². The van der Waals surface area contributed by atoms with Crippen LogP contribution in [0.4, 0.5) is 0 Å². The molecule has 0 aromatic heterocycles. The predicted octanol–water partition coefficient (Wildman–Crippen LogP) is 2.06. The zero-order chi connectivity index (χ0) is 10.2. The Morgan fingerprint density at radius 3 is 2.50 bits per heavy atom. The number of carboxylic acids is 1. The molecule has 3 aliphatic carbocycles. The first-order chi connectivity index (χ1) is 6.63. The second kappa shape index (κ2) is 3.23. The fourth-order valence-electron chi connectivity index (χ4n) is 3.24. The molecule has 80 valence electrons. The number of carbonyl (C=O) groups is 1. The highest BCUT2D eigenvalue weighted by atomic mass is 16.5. The van der Waals surface area contributed by atoms with Crippen molar-refractivity contribution < 1.29 is 14.6 Å². The van der Waals surface area contributed by atoms with Crippen molar-refractivity contribution in [3.8, 4) is 0 Å². The Labute approximate surface area is 84.4 Å². The lowest BCUT2D eigenvalue weighted by Crippen LogP contribution is -2.65. The van der Waals surface area contributed by atoms with Crippen molar-refractivity contribution in [3.63, 3.8) is 0 Å². The lowest BCUT2D eigenvalue weighted by Gasteiger charge is -2.68. The van der Waals surface area contributed by atoms with E-state index in [-0.39, 0.29) is 5.41 Å². The smallest absolute Gasteiger partial charge is 0.309 e. The van der Waals surface area contributed by atoms with Crippen molar-refractivity contribution in [2.75, 3.05) is 13.7 Å². The predicted molar refractivity (Wildman–Crippen MR) is 52.1 cm³/mol. The van der Waals surface area contributed by atoms with E-state index >= 15 is 0 Å². The molecule has 3 rings (SSSR count). The summed E-state index contributed by atoms with van der Waals surface area (Å²) in [5, 5.41) is 8.93. The summed E-state index contributed by atoms with van der Waals surface area (Å²) in [6, 6.07) is 0. The van der Waals surface area contributed by atoms with E-state index in [0.29, 0.717) is 5.41 Å². The van der Waals surface area contributed by atoms with Gasteiger partial charge in [-0.1, -0.05) is 6.42 Å². The van der Waals surface area contributed by atoms with Crippen LogP contribution in [0.5, 0.6) is 0 Å². The summed E-state index contributed by atoms with van der Waals surface area (Å²) in [5.74, 6) is -0.573. The molecule has 0 unspecified atom stereocenters. The number of aliphatic carboxylic acids is 1. The van der Waals surface area contributed by atoms with Gasteiger partial charge in [-0.15, -0.1) is 0 Å². The van der Waals surface area contributed by atoms with Crippen LogP contribution >= 0.6 is 0 Å². The molecule has 0 aromatic rings. The molecule has 1 N–H and O–H groups in total. The third-order valence-corrected chi connectivity index (χ3v) is 3.90. The lowest BCUT2D eigenvalue weighted by molar-refractivity contribution is -0.225. The quantitative estimate of drug-likeness (QED) is 0.664. The maximum Gasteiger partial charge on any atom is 0.309 e. The normalized spacial score (nSPS) is 38.6. The van der Waals surface area contributed by atoms with Crippen LogP contribution < -0.4 is 0 Å². The van der Waals surface area contributed by atoms with Gasteiger partial charge in [-0.05, 0) is 37.5 Å². The molecule has 0 heterocycles. The zero-order valence-corrected chi connectivity index (χ0v) is 8.71. The molecule has 0 spiro atoms. The van der Waals surface area contributed by atoms with Gasteiger partial charge >= 0.3 is 5.97 Å². The first kappa shape index (κ1) is 9.97. The van der Waals surface area contributed by atoms with E-state index in [0.717, 1.165) is 32.3 Å². The van der Waals surface area contributed by atoms with Gasteiger partial charge in [0.2, 0.25) is 0 Å². The Morgan fingerprint density at radius 1 is 1.36 bits per heavy atom. The molecule has 3 heteroatoms. The van der Waals surface area contributed by atoms with Gasteiger partial charge in [-0.3, -0.25) is 4.79 Å². The minimum Gasteiger partial charge on any atom is -0.481 e. The lowest BCUT2D eigenvalue weighted by atomic mass is 9.34. The van der Waals surface area contributed by atoms with Crippen LogP contribution in [0.3, 0.4) is 0 Å². The summed E-state index contributed by atoms with van der Waals surface area (Å²) in [7, 11) is 1.72. The standard InChI is InChI=1S/C11H18O3/c1-14-5-3-2-4-10-6-11(7-10,8-10)9(12)13/h2-8H2,1H3,(H,12,13). The number of rotatable bonds is 6. The highest BCUT2D eigenvalue weighted by molar-refractivity contribution is 5.79. The SMILES string of the molecule is COCCCCC12CC(C(=O)O)(C1)C2. The Hall–Kier alpha value is -0.570. The van der Waals surface area contributed by atoms with Crippen LogP contribution in [0.15, 0.2) is 0 Å². The molecule has 3 aliphatic rings. The fourth-order valence-corrected chi connectivity index (χ4v) is 3.24. The van der Waals surface area contributed by atoms with Gasteiger partial charge in [0, 0.05) is 13.7 Å². The zero-order valence-electron chi connectivity index (χ0n) is 8.71. The topological polar surface area (TPSA) is 46.5 Å². The van der Waals surface area contributed by atoms with Crippen LogP contribution in [0.1, 0.15) is 38.5 Å². The van der Waals surface area contributed by atoms with Gasteiger partial charge in [-0.25, -0.2) is 0 Å². The Balaban J connectivity index is 1.66. The van der Waals surface area contributed by atoms with Gasteiger partial charge in [0.25, 0.3) is 0 Å². The minimum absolute atomic E-state index is 0.290. The molecule has 0 aromatic carbocycles. The van der Waals surface area contributed by atoms with Gasteiger partial charge in [-0.2, -0.15) is 0 Å². The average molecular weight is 198 g/mol. The first-order valence-electron chi connectivity index (χ1n) is 5.35. The second-order valence-corrected chi connectivity index (χ2v) is 5.07. The van der Waals surface area contributed by atoms with Gasteiger partial charge in [0.05, 0.1) is 5.41 Å². The van der Waals surface area contributed by atoms with E-state index in [2.05, 4.69) is 0 Å². The number of hydrogen-bond donors (Lipinski definition) is 1. The summed E-state index contributed by atoms with van der Waals surface area (Å²) in [6.07, 6.45) is 6.29. The number of ether oxygens (including phenoxy) is 1. The Bertz CT molecular complexity index is 227. The summed E-state index contributed by atoms with van der Waals surface area (Å²) in [6.45, 7) is 0.833. The summed E-state index contributed by atoms with van der Waals surface area (Å²) >= 11 is 0. The van der Waals surface area contributed by atoms with Gasteiger partial charge in [0.1, 0.15) is 0 Å². The van der Waals surface area contributed by atoms with E-state index in [1.54, 1.807) is 7.11 Å². The maximum atomic E-state index is 10.8. The monoisotopic (exact) mass is 198 g/mol. The number of hydrogen-bond acceptors (Lipinski definition) is 2. The van der Waals surface area contributed by atoms with Crippen LogP contribution in [-0.2, 0) is 9.53 Å². The summed E-state index contributed by atoms with van der Waals surface area (Å²) in [4.78, 5) is 10.8. The summed E-state index contributed by atoms with van der Waals surface area (Å²) < 4.78 is 4.98. The first-order valence-corrected chi connectivity index (χ1v) is 5.35. The maximum absolute atomic E-state index is 10.8. The molecule has 0 amide bonds. The molecule has 0 atom stereocenters.